The molecule has 4 N–H and O–H groups in total. The van der Waals surface area contributed by atoms with Crippen molar-refractivity contribution in [3.8, 4) is 0 Å². The van der Waals surface area contributed by atoms with Crippen LogP contribution in [0.5, 0.6) is 0 Å². The fourth-order valence-electron chi connectivity index (χ4n) is 4.32. The number of carbonyl (C=O) groups excluding carboxylic acids is 2. The molecule has 3 rings (SSSR count). The Morgan fingerprint density at radius 2 is 1.83 bits per heavy atom. The second-order valence-electron chi connectivity index (χ2n) is 8.34. The van der Waals surface area contributed by atoms with E-state index in [1.807, 2.05) is 30.3 Å². The lowest BCUT2D eigenvalue weighted by Crippen LogP contribution is -2.57. The third kappa shape index (κ3) is 4.71. The molecule has 0 fully saturated rings. The first kappa shape index (κ1) is 22.0. The highest BCUT2D eigenvalue weighted by Crippen LogP contribution is 2.38. The molecule has 2 aromatic carbocycles. The van der Waals surface area contributed by atoms with Crippen LogP contribution >= 0.6 is 0 Å². The van der Waals surface area contributed by atoms with Crippen LogP contribution in [0.25, 0.3) is 0 Å². The van der Waals surface area contributed by atoms with Gasteiger partial charge in [0.15, 0.2) is 0 Å². The quantitative estimate of drug-likeness (QED) is 0.584. The Bertz CT molecular complexity index is 896. The summed E-state index contributed by atoms with van der Waals surface area (Å²) in [7, 11) is 1.73. The summed E-state index contributed by atoms with van der Waals surface area (Å²) in [5, 5.41) is 6.58. The van der Waals surface area contributed by atoms with E-state index in [4.69, 9.17) is 10.5 Å². The summed E-state index contributed by atoms with van der Waals surface area (Å²) >= 11 is 0. The first-order valence-corrected chi connectivity index (χ1v) is 10.4. The number of benzene rings is 2. The smallest absolute Gasteiger partial charge is 0.251 e. The summed E-state index contributed by atoms with van der Waals surface area (Å²) in [5.74, 6) is -0.475. The van der Waals surface area contributed by atoms with Crippen LogP contribution in [-0.4, -0.2) is 44.2 Å². The number of carbonyl (C=O) groups is 2. The van der Waals surface area contributed by atoms with Gasteiger partial charge >= 0.3 is 0 Å². The molecule has 0 spiro atoms. The third-order valence-corrected chi connectivity index (χ3v) is 6.00. The first-order chi connectivity index (χ1) is 14.3. The number of hydrogen-bond donors (Lipinski definition) is 3. The lowest BCUT2D eigenvalue weighted by atomic mass is 9.67. The molecule has 160 valence electrons. The molecule has 0 radical (unpaired) electrons. The van der Waals surface area contributed by atoms with Crippen LogP contribution in [0, 0.1) is 0 Å². The zero-order valence-electron chi connectivity index (χ0n) is 17.9. The van der Waals surface area contributed by atoms with Gasteiger partial charge in [-0.15, -0.1) is 0 Å². The molecule has 6 heteroatoms. The number of fused-ring (bicyclic) bond motifs is 1. The number of nitrogens with one attached hydrogen (secondary N) is 2. The van der Waals surface area contributed by atoms with Gasteiger partial charge in [-0.2, -0.15) is 0 Å². The molecular formula is C24H31N3O3. The highest BCUT2D eigenvalue weighted by Gasteiger charge is 2.42. The van der Waals surface area contributed by atoms with Gasteiger partial charge in [-0.25, -0.2) is 0 Å². The minimum atomic E-state index is -0.416. The SMILES string of the molecule is CO[C@H]1Cc2ccc(C(N)=O)cc2C(C)(C)[C@@H]1NCCCNC(=O)c1ccccc1. The standard InChI is InChI=1S/C24H31N3O3/c1-24(2)19-14-18(22(25)28)11-10-17(19)15-20(30-3)21(24)26-12-7-13-27-23(29)16-8-5-4-6-9-16/h4-6,8-11,14,20-21,26H,7,12-13,15H2,1-3H3,(H2,25,28)(H,27,29)/t20-,21+/m0/s1. The zero-order chi connectivity index (χ0) is 21.7. The van der Waals surface area contributed by atoms with Gasteiger partial charge in [0, 0.05) is 42.7 Å². The number of methoxy groups -OCH3 is 1. The van der Waals surface area contributed by atoms with Gasteiger partial charge in [0.2, 0.25) is 5.91 Å². The normalized spacial score (nSPS) is 19.7. The lowest BCUT2D eigenvalue weighted by Gasteiger charge is -2.45. The van der Waals surface area contributed by atoms with E-state index in [1.165, 1.54) is 5.56 Å². The Kier molecular flexibility index (Phi) is 6.90. The van der Waals surface area contributed by atoms with E-state index >= 15 is 0 Å². The monoisotopic (exact) mass is 409 g/mol. The lowest BCUT2D eigenvalue weighted by molar-refractivity contribution is 0.0356. The molecule has 2 amide bonds. The van der Waals surface area contributed by atoms with Crippen molar-refractivity contribution in [2.75, 3.05) is 20.2 Å². The molecule has 0 unspecified atom stereocenters. The molecule has 0 aromatic heterocycles. The van der Waals surface area contributed by atoms with Crippen LogP contribution < -0.4 is 16.4 Å². The zero-order valence-corrected chi connectivity index (χ0v) is 17.9. The predicted molar refractivity (Wildman–Crippen MR) is 118 cm³/mol. The maximum absolute atomic E-state index is 12.1. The summed E-state index contributed by atoms with van der Waals surface area (Å²) in [6, 6.07) is 15.0. The molecule has 0 saturated carbocycles. The van der Waals surface area contributed by atoms with E-state index in [0.717, 1.165) is 24.9 Å². The minimum Gasteiger partial charge on any atom is -0.379 e. The minimum absolute atomic E-state index is 0.0193. The van der Waals surface area contributed by atoms with Crippen LogP contribution in [0.1, 0.15) is 52.1 Å². The Morgan fingerprint density at radius 3 is 2.50 bits per heavy atom. The van der Waals surface area contributed by atoms with E-state index in [2.05, 4.69) is 24.5 Å². The van der Waals surface area contributed by atoms with Crippen molar-refractivity contribution in [1.29, 1.82) is 0 Å². The fraction of sp³-hybridized carbons (Fsp3) is 0.417. The van der Waals surface area contributed by atoms with Gasteiger partial charge in [0.05, 0.1) is 6.10 Å². The van der Waals surface area contributed by atoms with Crippen LogP contribution in [0.3, 0.4) is 0 Å². The summed E-state index contributed by atoms with van der Waals surface area (Å²) in [5.41, 5.74) is 8.75. The van der Waals surface area contributed by atoms with E-state index in [1.54, 1.807) is 25.3 Å². The van der Waals surface area contributed by atoms with E-state index in [-0.39, 0.29) is 23.5 Å². The van der Waals surface area contributed by atoms with E-state index < -0.39 is 5.91 Å². The Hall–Kier alpha value is -2.70. The van der Waals surface area contributed by atoms with Crippen molar-refractivity contribution >= 4 is 11.8 Å². The van der Waals surface area contributed by atoms with Crippen molar-refractivity contribution in [2.24, 2.45) is 5.73 Å². The van der Waals surface area contributed by atoms with Gasteiger partial charge in [0.1, 0.15) is 0 Å². The molecule has 1 aliphatic rings. The second kappa shape index (κ2) is 9.41. The number of ether oxygens (including phenoxy) is 1. The summed E-state index contributed by atoms with van der Waals surface area (Å²) < 4.78 is 5.80. The molecular weight excluding hydrogens is 378 g/mol. The highest BCUT2D eigenvalue weighted by atomic mass is 16.5. The molecule has 0 saturated heterocycles. The van der Waals surface area contributed by atoms with Gasteiger partial charge in [-0.1, -0.05) is 38.1 Å². The van der Waals surface area contributed by atoms with Crippen LogP contribution in [0.15, 0.2) is 48.5 Å². The molecule has 0 aliphatic heterocycles. The number of rotatable bonds is 8. The molecule has 2 aromatic rings. The molecule has 1 aliphatic carbocycles. The van der Waals surface area contributed by atoms with Gasteiger partial charge in [-0.05, 0) is 48.4 Å². The van der Waals surface area contributed by atoms with Crippen molar-refractivity contribution < 1.29 is 14.3 Å². The first-order valence-electron chi connectivity index (χ1n) is 10.4. The fourth-order valence-corrected chi connectivity index (χ4v) is 4.32. The van der Waals surface area contributed by atoms with Crippen molar-refractivity contribution in [2.45, 2.75) is 44.2 Å². The largest absolute Gasteiger partial charge is 0.379 e. The van der Waals surface area contributed by atoms with E-state index in [0.29, 0.717) is 17.7 Å². The van der Waals surface area contributed by atoms with Crippen LogP contribution in [0.4, 0.5) is 0 Å². The van der Waals surface area contributed by atoms with Crippen molar-refractivity contribution in [3.63, 3.8) is 0 Å². The molecule has 6 nitrogen and oxygen atoms in total. The van der Waals surface area contributed by atoms with Crippen molar-refractivity contribution in [3.05, 3.63) is 70.8 Å². The van der Waals surface area contributed by atoms with Gasteiger partial charge < -0.3 is 21.1 Å². The van der Waals surface area contributed by atoms with Gasteiger partial charge in [0.25, 0.3) is 5.91 Å². The van der Waals surface area contributed by atoms with Crippen LogP contribution in [-0.2, 0) is 16.6 Å². The molecule has 2 atom stereocenters. The Morgan fingerprint density at radius 1 is 1.10 bits per heavy atom. The van der Waals surface area contributed by atoms with Crippen molar-refractivity contribution in [1.82, 2.24) is 10.6 Å². The van der Waals surface area contributed by atoms with Crippen LogP contribution in [0.2, 0.25) is 0 Å². The summed E-state index contributed by atoms with van der Waals surface area (Å²) in [6.07, 6.45) is 1.60. The molecule has 0 bridgehead atoms. The number of amides is 2. The summed E-state index contributed by atoms with van der Waals surface area (Å²) in [6.45, 7) is 5.66. The van der Waals surface area contributed by atoms with E-state index in [9.17, 15) is 9.59 Å². The predicted octanol–water partition coefficient (Wildman–Crippen LogP) is 2.41. The van der Waals surface area contributed by atoms with Gasteiger partial charge in [-0.3, -0.25) is 9.59 Å². The average Bonchev–Trinajstić information content (AvgIpc) is 2.74. The molecule has 0 heterocycles. The third-order valence-electron chi connectivity index (χ3n) is 6.00. The average molecular weight is 410 g/mol. The Labute approximate surface area is 178 Å². The molecule has 30 heavy (non-hydrogen) atoms. The maximum Gasteiger partial charge on any atom is 0.251 e. The summed E-state index contributed by atoms with van der Waals surface area (Å²) in [4.78, 5) is 23.8. The Balaban J connectivity index is 1.61. The second-order valence-corrected chi connectivity index (χ2v) is 8.34. The number of primary amides is 1. The number of nitrogens with two attached hydrogens (primary N) is 1. The topological polar surface area (TPSA) is 93.4 Å². The highest BCUT2D eigenvalue weighted by molar-refractivity contribution is 5.94. The maximum atomic E-state index is 12.1. The number of hydrogen-bond acceptors (Lipinski definition) is 4.